The van der Waals surface area contributed by atoms with E-state index in [4.69, 9.17) is 11.5 Å². The fourth-order valence-corrected chi connectivity index (χ4v) is 3.00. The van der Waals surface area contributed by atoms with E-state index in [-0.39, 0.29) is 17.6 Å². The average molecular weight is 326 g/mol. The molecule has 24 heavy (non-hydrogen) atoms. The zero-order valence-electron chi connectivity index (χ0n) is 14.0. The quantitative estimate of drug-likeness (QED) is 0.699. The Bertz CT molecular complexity index is 550. The Labute approximate surface area is 143 Å². The van der Waals surface area contributed by atoms with Gasteiger partial charge in [0.15, 0.2) is 0 Å². The molecule has 2 unspecified atom stereocenters. The Morgan fingerprint density at radius 3 is 1.67 bits per heavy atom. The van der Waals surface area contributed by atoms with Crippen molar-refractivity contribution in [2.45, 2.75) is 37.5 Å². The second kappa shape index (κ2) is 9.90. The van der Waals surface area contributed by atoms with Gasteiger partial charge in [-0.1, -0.05) is 12.1 Å². The van der Waals surface area contributed by atoms with Gasteiger partial charge in [0, 0.05) is 36.6 Å². The number of carbonyl (C=O) groups excluding carboxylic acids is 1. The smallest absolute Gasteiger partial charge is 0.147 e. The molecule has 128 valence electrons. The molecule has 5 heteroatoms. The van der Waals surface area contributed by atoms with Crippen LogP contribution in [0.25, 0.3) is 0 Å². The van der Waals surface area contributed by atoms with E-state index in [1.807, 2.05) is 24.3 Å². The van der Waals surface area contributed by atoms with Crippen LogP contribution in [0.5, 0.6) is 0 Å². The first kappa shape index (κ1) is 18.2. The van der Waals surface area contributed by atoms with Crippen molar-refractivity contribution < 1.29 is 4.79 Å². The van der Waals surface area contributed by atoms with Crippen molar-refractivity contribution >= 4 is 5.78 Å². The fraction of sp³-hybridized carbons (Fsp3) is 0.421. The standard InChI is InChI=1S/C19H26N4O/c20-9-1-7-17(15-5-3-11-22-13-15)19(24)18(8-2-10-21)16-6-4-12-23-14-16/h3-6,11-14,17-18H,1-2,7-10,20-21H2. The molecule has 0 spiro atoms. The highest BCUT2D eigenvalue weighted by Crippen LogP contribution is 2.32. The summed E-state index contributed by atoms with van der Waals surface area (Å²) < 4.78 is 0. The number of rotatable bonds is 10. The van der Waals surface area contributed by atoms with Crippen molar-refractivity contribution in [3.63, 3.8) is 0 Å². The lowest BCUT2D eigenvalue weighted by molar-refractivity contribution is -0.122. The Morgan fingerprint density at radius 1 is 0.875 bits per heavy atom. The molecule has 0 saturated carbocycles. The fourth-order valence-electron chi connectivity index (χ4n) is 3.00. The molecule has 0 saturated heterocycles. The molecule has 2 aromatic heterocycles. The van der Waals surface area contributed by atoms with Gasteiger partial charge >= 0.3 is 0 Å². The third-order valence-electron chi connectivity index (χ3n) is 4.25. The van der Waals surface area contributed by atoms with Crippen LogP contribution in [0.15, 0.2) is 49.1 Å². The first-order valence-corrected chi connectivity index (χ1v) is 8.51. The maximum absolute atomic E-state index is 13.3. The van der Waals surface area contributed by atoms with E-state index in [1.165, 1.54) is 0 Å². The monoisotopic (exact) mass is 326 g/mol. The first-order valence-electron chi connectivity index (χ1n) is 8.51. The number of hydrogen-bond acceptors (Lipinski definition) is 5. The van der Waals surface area contributed by atoms with E-state index in [0.29, 0.717) is 13.1 Å². The molecular formula is C19H26N4O. The number of aromatic nitrogens is 2. The normalized spacial score (nSPS) is 13.4. The molecule has 0 aliphatic carbocycles. The predicted molar refractivity (Wildman–Crippen MR) is 95.5 cm³/mol. The van der Waals surface area contributed by atoms with Gasteiger partial charge in [0.2, 0.25) is 0 Å². The minimum absolute atomic E-state index is 0.190. The number of carbonyl (C=O) groups is 1. The van der Waals surface area contributed by atoms with Crippen LogP contribution < -0.4 is 11.5 Å². The highest BCUT2D eigenvalue weighted by atomic mass is 16.1. The summed E-state index contributed by atoms with van der Waals surface area (Å²) >= 11 is 0. The summed E-state index contributed by atoms with van der Waals surface area (Å²) in [5.74, 6) is -0.173. The number of nitrogens with two attached hydrogens (primary N) is 2. The molecule has 0 aromatic carbocycles. The maximum atomic E-state index is 13.3. The lowest BCUT2D eigenvalue weighted by atomic mass is 9.80. The molecule has 4 N–H and O–H groups in total. The summed E-state index contributed by atoms with van der Waals surface area (Å²) in [6.45, 7) is 1.15. The van der Waals surface area contributed by atoms with E-state index in [1.54, 1.807) is 24.8 Å². The lowest BCUT2D eigenvalue weighted by Gasteiger charge is -2.23. The Balaban J connectivity index is 2.29. The molecule has 2 aromatic rings. The molecule has 0 aliphatic rings. The summed E-state index contributed by atoms with van der Waals surface area (Å²) in [4.78, 5) is 21.7. The van der Waals surface area contributed by atoms with E-state index in [9.17, 15) is 4.79 Å². The first-order chi connectivity index (χ1) is 11.8. The highest BCUT2D eigenvalue weighted by molar-refractivity contribution is 5.91. The van der Waals surface area contributed by atoms with Gasteiger partial charge in [-0.05, 0) is 62.0 Å². The minimum atomic E-state index is -0.190. The topological polar surface area (TPSA) is 94.9 Å². The molecule has 0 fully saturated rings. The van der Waals surface area contributed by atoms with Crippen molar-refractivity contribution in [3.05, 3.63) is 60.2 Å². The molecule has 0 amide bonds. The number of ketones is 1. The molecule has 0 radical (unpaired) electrons. The second-order valence-corrected chi connectivity index (χ2v) is 5.94. The van der Waals surface area contributed by atoms with Gasteiger partial charge in [-0.15, -0.1) is 0 Å². The van der Waals surface area contributed by atoms with Crippen molar-refractivity contribution in [3.8, 4) is 0 Å². The number of Topliss-reactive ketones (excluding diaryl/α,β-unsaturated/α-hetero) is 1. The van der Waals surface area contributed by atoms with Crippen LogP contribution in [0.4, 0.5) is 0 Å². The summed E-state index contributed by atoms with van der Waals surface area (Å²) in [7, 11) is 0. The second-order valence-electron chi connectivity index (χ2n) is 5.94. The highest BCUT2D eigenvalue weighted by Gasteiger charge is 2.29. The van der Waals surface area contributed by atoms with Crippen molar-refractivity contribution in [1.82, 2.24) is 9.97 Å². The van der Waals surface area contributed by atoms with E-state index in [2.05, 4.69) is 9.97 Å². The summed E-state index contributed by atoms with van der Waals surface area (Å²) in [5.41, 5.74) is 13.3. The Hall–Kier alpha value is -2.11. The van der Waals surface area contributed by atoms with Gasteiger partial charge in [-0.3, -0.25) is 14.8 Å². The van der Waals surface area contributed by atoms with Crippen LogP contribution in [0, 0.1) is 0 Å². The van der Waals surface area contributed by atoms with Gasteiger partial charge in [0.1, 0.15) is 5.78 Å². The number of nitrogens with zero attached hydrogens (tertiary/aromatic N) is 2. The minimum Gasteiger partial charge on any atom is -0.330 e. The maximum Gasteiger partial charge on any atom is 0.147 e. The molecule has 2 atom stereocenters. The predicted octanol–water partition coefficient (Wildman–Crippen LogP) is 2.39. The van der Waals surface area contributed by atoms with Crippen molar-refractivity contribution in [2.24, 2.45) is 11.5 Å². The number of pyridine rings is 2. The van der Waals surface area contributed by atoms with Crippen molar-refractivity contribution in [2.75, 3.05) is 13.1 Å². The van der Waals surface area contributed by atoms with Gasteiger partial charge in [0.25, 0.3) is 0 Å². The van der Waals surface area contributed by atoms with Gasteiger partial charge < -0.3 is 11.5 Å². The van der Waals surface area contributed by atoms with Crippen molar-refractivity contribution in [1.29, 1.82) is 0 Å². The van der Waals surface area contributed by atoms with Crippen LogP contribution in [-0.2, 0) is 4.79 Å². The molecule has 0 bridgehead atoms. The van der Waals surface area contributed by atoms with Crippen LogP contribution in [0.1, 0.15) is 48.6 Å². The van der Waals surface area contributed by atoms with Gasteiger partial charge in [-0.2, -0.15) is 0 Å². The molecule has 2 heterocycles. The van der Waals surface area contributed by atoms with Crippen LogP contribution in [0.3, 0.4) is 0 Å². The molecule has 2 rings (SSSR count). The van der Waals surface area contributed by atoms with Crippen LogP contribution >= 0.6 is 0 Å². The Kier molecular flexibility index (Phi) is 7.52. The summed E-state index contributed by atoms with van der Waals surface area (Å²) in [6.07, 6.45) is 10.1. The summed E-state index contributed by atoms with van der Waals surface area (Å²) in [5, 5.41) is 0. The zero-order chi connectivity index (χ0) is 17.2. The third kappa shape index (κ3) is 4.94. The van der Waals surface area contributed by atoms with E-state index >= 15 is 0 Å². The number of hydrogen-bond donors (Lipinski definition) is 2. The summed E-state index contributed by atoms with van der Waals surface area (Å²) in [6, 6.07) is 7.68. The van der Waals surface area contributed by atoms with Crippen LogP contribution in [0.2, 0.25) is 0 Å². The van der Waals surface area contributed by atoms with Gasteiger partial charge in [0.05, 0.1) is 0 Å². The van der Waals surface area contributed by atoms with E-state index in [0.717, 1.165) is 36.8 Å². The van der Waals surface area contributed by atoms with E-state index < -0.39 is 0 Å². The largest absolute Gasteiger partial charge is 0.330 e. The Morgan fingerprint density at radius 2 is 1.33 bits per heavy atom. The SMILES string of the molecule is NCCCC(C(=O)C(CCCN)c1cccnc1)c1cccnc1. The van der Waals surface area contributed by atoms with Gasteiger partial charge in [-0.25, -0.2) is 0 Å². The van der Waals surface area contributed by atoms with Crippen LogP contribution in [-0.4, -0.2) is 28.8 Å². The lowest BCUT2D eigenvalue weighted by Crippen LogP contribution is -2.23. The molecular weight excluding hydrogens is 300 g/mol. The molecule has 5 nitrogen and oxygen atoms in total. The third-order valence-corrected chi connectivity index (χ3v) is 4.25. The average Bonchev–Trinajstić information content (AvgIpc) is 2.64. The molecule has 0 aliphatic heterocycles. The zero-order valence-corrected chi connectivity index (χ0v) is 14.0.